The molecule has 1 rings (SSSR count). The van der Waals surface area contributed by atoms with Gasteiger partial charge in [-0.1, -0.05) is 26.8 Å². The second kappa shape index (κ2) is 3.07. The van der Waals surface area contributed by atoms with Crippen LogP contribution in [0.3, 0.4) is 0 Å². The highest BCUT2D eigenvalue weighted by molar-refractivity contribution is 14.2. The van der Waals surface area contributed by atoms with E-state index in [2.05, 4.69) is 15.1 Å². The fourth-order valence-corrected chi connectivity index (χ4v) is 1.54. The van der Waals surface area contributed by atoms with Crippen molar-refractivity contribution >= 4 is 31.0 Å². The third-order valence-corrected chi connectivity index (χ3v) is 2.31. The maximum Gasteiger partial charge on any atom is 0.0856 e. The molecular weight excluding hydrogens is 201 g/mol. The number of hydrogen-bond donors (Lipinski definition) is 0. The third-order valence-electron chi connectivity index (χ3n) is 0.602. The minimum Gasteiger partial charge on any atom is -0.283 e. The third kappa shape index (κ3) is 1.97. The van der Waals surface area contributed by atoms with E-state index in [0.717, 1.165) is 4.55 Å². The minimum atomic E-state index is 0.278. The summed E-state index contributed by atoms with van der Waals surface area (Å²) in [5, 5.41) is 0. The Balaban J connectivity index is 2.60. The minimum absolute atomic E-state index is 0.278. The molecule has 0 N–H and O–H groups in total. The molecule has 0 bridgehead atoms. The lowest BCUT2D eigenvalue weighted by molar-refractivity contribution is 1.45. The standard InChI is InChI=1S/C5H6IN/c1-2-4-7-5-6-3-1/h1-4H,5H2. The summed E-state index contributed by atoms with van der Waals surface area (Å²) in [5.74, 6) is 0. The molecule has 0 fully saturated rings. The van der Waals surface area contributed by atoms with Crippen LogP contribution in [0.5, 0.6) is 0 Å². The monoisotopic (exact) mass is 207 g/mol. The van der Waals surface area contributed by atoms with Gasteiger partial charge in [0.05, 0.1) is 4.55 Å². The summed E-state index contributed by atoms with van der Waals surface area (Å²) in [6, 6.07) is 0. The van der Waals surface area contributed by atoms with Crippen molar-refractivity contribution in [3.63, 3.8) is 0 Å². The Kier molecular flexibility index (Phi) is 2.26. The van der Waals surface area contributed by atoms with Gasteiger partial charge in [-0.3, -0.25) is 4.99 Å². The van der Waals surface area contributed by atoms with Crippen molar-refractivity contribution in [1.29, 1.82) is 0 Å². The van der Waals surface area contributed by atoms with Crippen LogP contribution in [0.25, 0.3) is 0 Å². The maximum absolute atomic E-state index is 4.08. The van der Waals surface area contributed by atoms with Gasteiger partial charge in [0.1, 0.15) is 0 Å². The first-order chi connectivity index (χ1) is 3.50. The van der Waals surface area contributed by atoms with E-state index in [9.17, 15) is 0 Å². The quantitative estimate of drug-likeness (QED) is 0.323. The molecule has 1 nitrogen and oxygen atoms in total. The number of alkyl halides is 1. The SMILES string of the molecule is C1=CC=ICN=C1. The Labute approximate surface area is 52.9 Å². The Morgan fingerprint density at radius 3 is 3.43 bits per heavy atom. The molecule has 0 aromatic carbocycles. The van der Waals surface area contributed by atoms with E-state index in [0.29, 0.717) is 0 Å². The first-order valence-corrected chi connectivity index (χ1v) is 4.83. The zero-order valence-corrected chi connectivity index (χ0v) is 6.00. The van der Waals surface area contributed by atoms with Crippen LogP contribution in [-0.4, -0.2) is 14.8 Å². The number of halogens is 1. The number of rotatable bonds is 0. The van der Waals surface area contributed by atoms with Gasteiger partial charge in [0.15, 0.2) is 0 Å². The van der Waals surface area contributed by atoms with E-state index < -0.39 is 0 Å². The average molecular weight is 207 g/mol. The highest BCUT2D eigenvalue weighted by atomic mass is 127. The Hall–Kier alpha value is 0.01000. The molecule has 1 heterocycles. The highest BCUT2D eigenvalue weighted by Gasteiger charge is 1.71. The largest absolute Gasteiger partial charge is 0.283 e. The van der Waals surface area contributed by atoms with Crippen molar-refractivity contribution in [2.24, 2.45) is 4.99 Å². The second-order valence-electron chi connectivity index (χ2n) is 1.12. The second-order valence-corrected chi connectivity index (χ2v) is 3.40. The highest BCUT2D eigenvalue weighted by Crippen LogP contribution is 1.95. The summed E-state index contributed by atoms with van der Waals surface area (Å²) in [4.78, 5) is 4.08. The van der Waals surface area contributed by atoms with Gasteiger partial charge in [0.2, 0.25) is 0 Å². The van der Waals surface area contributed by atoms with E-state index in [4.69, 9.17) is 0 Å². The summed E-state index contributed by atoms with van der Waals surface area (Å²) < 4.78 is 3.29. The molecule has 1 aliphatic heterocycles. The normalized spacial score (nSPS) is 18.3. The molecule has 0 radical (unpaired) electrons. The molecule has 0 unspecified atom stereocenters. The van der Waals surface area contributed by atoms with Crippen LogP contribution in [-0.2, 0) is 0 Å². The van der Waals surface area contributed by atoms with Crippen LogP contribution in [0.1, 0.15) is 0 Å². The molecule has 1 aliphatic rings. The lowest BCUT2D eigenvalue weighted by atomic mass is 10.6. The van der Waals surface area contributed by atoms with Crippen LogP contribution in [0.15, 0.2) is 17.1 Å². The molecule has 38 valence electrons. The van der Waals surface area contributed by atoms with Crippen LogP contribution in [0.4, 0.5) is 0 Å². The van der Waals surface area contributed by atoms with E-state index in [1.54, 1.807) is 0 Å². The molecule has 0 atom stereocenters. The molecule has 0 saturated heterocycles. The molecule has 7 heavy (non-hydrogen) atoms. The van der Waals surface area contributed by atoms with Crippen LogP contribution in [0.2, 0.25) is 0 Å². The van der Waals surface area contributed by atoms with E-state index in [-0.39, 0.29) is 20.7 Å². The van der Waals surface area contributed by atoms with Gasteiger partial charge < -0.3 is 0 Å². The summed E-state index contributed by atoms with van der Waals surface area (Å²) in [7, 11) is 0. The lowest BCUT2D eigenvalue weighted by Crippen LogP contribution is -1.60. The summed E-state index contributed by atoms with van der Waals surface area (Å²) in [5.41, 5.74) is 0. The van der Waals surface area contributed by atoms with Crippen molar-refractivity contribution in [3.8, 4) is 0 Å². The average Bonchev–Trinajstić information content (AvgIpc) is 1.90. The number of hydrogen-bond acceptors (Lipinski definition) is 1. The fraction of sp³-hybridized carbons (Fsp3) is 0.200. The molecule has 0 saturated carbocycles. The van der Waals surface area contributed by atoms with Crippen molar-refractivity contribution in [3.05, 3.63) is 12.2 Å². The Morgan fingerprint density at radius 2 is 2.43 bits per heavy atom. The fourth-order valence-electron chi connectivity index (χ4n) is 0.324. The van der Waals surface area contributed by atoms with Gasteiger partial charge in [-0.15, -0.1) is 0 Å². The first kappa shape index (κ1) is 5.15. The number of aliphatic imine (C=N–C) groups is 1. The summed E-state index contributed by atoms with van der Waals surface area (Å²) in [6.07, 6.45) is 5.92. The lowest BCUT2D eigenvalue weighted by Gasteiger charge is -1.71. The molecule has 0 aliphatic carbocycles. The van der Waals surface area contributed by atoms with Crippen molar-refractivity contribution < 1.29 is 0 Å². The maximum atomic E-state index is 4.08. The molecule has 0 aromatic heterocycles. The van der Waals surface area contributed by atoms with Gasteiger partial charge in [-0.25, -0.2) is 0 Å². The Bertz CT molecular complexity index is 110. The molecule has 2 heteroatoms. The number of allylic oxidation sites excluding steroid dienone is 2. The van der Waals surface area contributed by atoms with Crippen molar-refractivity contribution in [2.75, 3.05) is 4.55 Å². The first-order valence-electron chi connectivity index (χ1n) is 2.06. The van der Waals surface area contributed by atoms with Crippen LogP contribution >= 0.6 is 20.7 Å². The van der Waals surface area contributed by atoms with Crippen molar-refractivity contribution in [1.82, 2.24) is 0 Å². The van der Waals surface area contributed by atoms with Gasteiger partial charge in [-0.2, -0.15) is 0 Å². The molecule has 0 aromatic rings. The number of nitrogens with zero attached hydrogens (tertiary/aromatic N) is 1. The predicted molar refractivity (Wildman–Crippen MR) is 42.6 cm³/mol. The van der Waals surface area contributed by atoms with E-state index in [1.165, 1.54) is 0 Å². The van der Waals surface area contributed by atoms with E-state index in [1.807, 2.05) is 12.3 Å². The molecular formula is C5H6IN. The Morgan fingerprint density at radius 1 is 1.43 bits per heavy atom. The topological polar surface area (TPSA) is 12.4 Å². The molecule has 0 amide bonds. The summed E-state index contributed by atoms with van der Waals surface area (Å²) in [6.45, 7) is 0. The summed E-state index contributed by atoms with van der Waals surface area (Å²) >= 11 is 0.278. The van der Waals surface area contributed by atoms with E-state index >= 15 is 0 Å². The zero-order valence-electron chi connectivity index (χ0n) is 3.84. The van der Waals surface area contributed by atoms with Gasteiger partial charge in [0.25, 0.3) is 0 Å². The van der Waals surface area contributed by atoms with Gasteiger partial charge in [0, 0.05) is 6.21 Å². The van der Waals surface area contributed by atoms with Gasteiger partial charge >= 0.3 is 0 Å². The van der Waals surface area contributed by atoms with Gasteiger partial charge in [-0.05, 0) is 10.1 Å². The smallest absolute Gasteiger partial charge is 0.0856 e. The molecule has 0 spiro atoms. The van der Waals surface area contributed by atoms with Crippen molar-refractivity contribution in [2.45, 2.75) is 0 Å². The predicted octanol–water partition coefficient (Wildman–Crippen LogP) is 1.36. The van der Waals surface area contributed by atoms with Crippen LogP contribution < -0.4 is 0 Å². The zero-order chi connectivity index (χ0) is 4.95. The van der Waals surface area contributed by atoms with Crippen LogP contribution in [0, 0.1) is 0 Å².